The second-order valence-corrected chi connectivity index (χ2v) is 12.8. The number of thioether (sulfide) groups is 1. The Morgan fingerprint density at radius 1 is 0.971 bits per heavy atom. The van der Waals surface area contributed by atoms with Crippen molar-refractivity contribution in [2.75, 3.05) is 31.1 Å². The maximum absolute atomic E-state index is 14.2. The van der Waals surface area contributed by atoms with Gasteiger partial charge < -0.3 is 19.8 Å². The molecule has 0 radical (unpaired) electrons. The van der Waals surface area contributed by atoms with Gasteiger partial charge in [-0.15, -0.1) is 11.8 Å². The predicted molar refractivity (Wildman–Crippen MR) is 137 cm³/mol. The number of amides is 3. The molecule has 8 heteroatoms. The molecule has 0 aliphatic carbocycles. The number of nitrogens with zero attached hydrogens (tertiary/aromatic N) is 3. The second kappa shape index (κ2) is 8.23. The summed E-state index contributed by atoms with van der Waals surface area (Å²) in [7, 11) is 0. The van der Waals surface area contributed by atoms with Gasteiger partial charge in [0, 0.05) is 35.6 Å². The van der Waals surface area contributed by atoms with Crippen LogP contribution in [0.4, 0.5) is 5.69 Å². The van der Waals surface area contributed by atoms with Crippen LogP contribution in [0.2, 0.25) is 0 Å². The van der Waals surface area contributed by atoms with E-state index >= 15 is 0 Å². The van der Waals surface area contributed by atoms with Crippen molar-refractivity contribution in [2.45, 2.75) is 48.8 Å². The van der Waals surface area contributed by atoms with Gasteiger partial charge in [-0.05, 0) is 39.8 Å². The molecule has 4 aliphatic rings. The first kappa shape index (κ1) is 24.1. The summed E-state index contributed by atoms with van der Waals surface area (Å²) in [4.78, 5) is 47.4. The minimum absolute atomic E-state index is 0.0652. The number of hydrogen-bond donors (Lipinski definition) is 1. The molecule has 1 unspecified atom stereocenters. The quantitative estimate of drug-likeness (QED) is 0.652. The van der Waals surface area contributed by atoms with Gasteiger partial charge in [0.1, 0.15) is 6.04 Å². The fourth-order valence-electron chi connectivity index (χ4n) is 6.31. The SMILES string of the molecule is CC(C)(C)N1CC=C[C@]23S[C@@]4(C)C=CCN(c5ccccc5)C(=O)[C@H]4[C@H]2C(=O)N(CCO)C3C1=O. The van der Waals surface area contributed by atoms with E-state index in [4.69, 9.17) is 0 Å². The average molecular weight is 496 g/mol. The minimum Gasteiger partial charge on any atom is -0.395 e. The highest BCUT2D eigenvalue weighted by Gasteiger charge is 2.74. The highest BCUT2D eigenvalue weighted by atomic mass is 32.2. The van der Waals surface area contributed by atoms with Crippen molar-refractivity contribution in [3.05, 3.63) is 54.6 Å². The van der Waals surface area contributed by atoms with Crippen LogP contribution in [0.3, 0.4) is 0 Å². The fraction of sp³-hybridized carbons (Fsp3) is 0.519. The number of rotatable bonds is 3. The molecule has 0 saturated carbocycles. The van der Waals surface area contributed by atoms with Crippen LogP contribution in [0, 0.1) is 11.8 Å². The van der Waals surface area contributed by atoms with E-state index in [0.29, 0.717) is 13.1 Å². The van der Waals surface area contributed by atoms with Gasteiger partial charge in [0.15, 0.2) is 0 Å². The number of β-amino-alcohol motifs (C(OH)–C–C–N with tert-alkyl or cyclic N) is 1. The zero-order valence-electron chi connectivity index (χ0n) is 20.7. The van der Waals surface area contributed by atoms with E-state index in [1.165, 1.54) is 4.90 Å². The lowest BCUT2D eigenvalue weighted by Crippen LogP contribution is -2.57. The van der Waals surface area contributed by atoms with Crippen LogP contribution in [-0.4, -0.2) is 79.9 Å². The predicted octanol–water partition coefficient (Wildman–Crippen LogP) is 2.47. The molecule has 2 saturated heterocycles. The third kappa shape index (κ3) is 3.48. The van der Waals surface area contributed by atoms with Crippen LogP contribution in [0.5, 0.6) is 0 Å². The lowest BCUT2D eigenvalue weighted by Gasteiger charge is -2.40. The minimum atomic E-state index is -0.886. The van der Waals surface area contributed by atoms with Crippen molar-refractivity contribution in [1.82, 2.24) is 9.80 Å². The molecule has 3 amide bonds. The zero-order valence-corrected chi connectivity index (χ0v) is 21.5. The number of aliphatic hydroxyl groups excluding tert-OH is 1. The number of benzene rings is 1. The van der Waals surface area contributed by atoms with E-state index in [0.717, 1.165) is 5.69 Å². The molecule has 4 aliphatic heterocycles. The molecular weight excluding hydrogens is 462 g/mol. The molecule has 2 fully saturated rings. The molecule has 1 spiro atoms. The lowest BCUT2D eigenvalue weighted by molar-refractivity contribution is -0.145. The fourth-order valence-corrected chi connectivity index (χ4v) is 8.47. The first-order valence-corrected chi connectivity index (χ1v) is 13.0. The number of carbonyl (C=O) groups excluding carboxylic acids is 3. The zero-order chi connectivity index (χ0) is 25.2. The number of para-hydroxylation sites is 1. The van der Waals surface area contributed by atoms with E-state index in [9.17, 15) is 19.5 Å². The van der Waals surface area contributed by atoms with E-state index in [1.54, 1.807) is 21.6 Å². The van der Waals surface area contributed by atoms with Gasteiger partial charge in [-0.25, -0.2) is 0 Å². The smallest absolute Gasteiger partial charge is 0.247 e. The summed E-state index contributed by atoms with van der Waals surface area (Å²) in [5, 5.41) is 9.82. The summed E-state index contributed by atoms with van der Waals surface area (Å²) < 4.78 is -1.53. The molecule has 7 nitrogen and oxygen atoms in total. The monoisotopic (exact) mass is 495 g/mol. The summed E-state index contributed by atoms with van der Waals surface area (Å²) >= 11 is 1.56. The first-order valence-electron chi connectivity index (χ1n) is 12.2. The molecule has 4 heterocycles. The van der Waals surface area contributed by atoms with E-state index in [1.807, 2.05) is 76.3 Å². The first-order chi connectivity index (χ1) is 16.5. The molecule has 35 heavy (non-hydrogen) atoms. The van der Waals surface area contributed by atoms with E-state index in [-0.39, 0.29) is 30.9 Å². The van der Waals surface area contributed by atoms with E-state index in [2.05, 4.69) is 6.08 Å². The topological polar surface area (TPSA) is 81.2 Å². The van der Waals surface area contributed by atoms with Crippen molar-refractivity contribution in [2.24, 2.45) is 11.8 Å². The maximum Gasteiger partial charge on any atom is 0.247 e. The molecule has 5 atom stereocenters. The van der Waals surface area contributed by atoms with Crippen molar-refractivity contribution in [1.29, 1.82) is 0 Å². The summed E-state index contributed by atoms with van der Waals surface area (Å²) in [5.41, 5.74) is 0.355. The standard InChI is InChI=1S/C27H33N3O4S/c1-25(2,3)30-15-9-13-27-20(23(33)29(16-17-31)21(27)24(30)34)19-22(32)28(18-10-6-5-7-11-18)14-8-12-26(19,4)35-27/h5-13,19-21,31H,14-17H2,1-4H3/t19-,20+,21?,26+,27+/m1/s1. The summed E-state index contributed by atoms with van der Waals surface area (Å²) in [6, 6.07) is 8.74. The highest BCUT2D eigenvalue weighted by molar-refractivity contribution is 8.02. The Kier molecular flexibility index (Phi) is 5.68. The van der Waals surface area contributed by atoms with Crippen molar-refractivity contribution < 1.29 is 19.5 Å². The van der Waals surface area contributed by atoms with Gasteiger partial charge in [-0.3, -0.25) is 14.4 Å². The molecule has 0 bridgehead atoms. The number of fused-ring (bicyclic) bond motifs is 2. The van der Waals surface area contributed by atoms with Gasteiger partial charge >= 0.3 is 0 Å². The molecule has 186 valence electrons. The Bertz CT molecular complexity index is 1110. The summed E-state index contributed by atoms with van der Waals surface area (Å²) in [5.74, 6) is -1.79. The summed E-state index contributed by atoms with van der Waals surface area (Å²) in [6.07, 6.45) is 8.06. The third-order valence-corrected chi connectivity index (χ3v) is 9.57. The molecule has 1 aromatic carbocycles. The Morgan fingerprint density at radius 3 is 2.31 bits per heavy atom. The molecular formula is C27H33N3O4S. The third-order valence-electron chi connectivity index (χ3n) is 7.78. The Hall–Kier alpha value is -2.58. The Balaban J connectivity index is 1.65. The molecule has 0 aromatic heterocycles. The Labute approximate surface area is 210 Å². The van der Waals surface area contributed by atoms with Gasteiger partial charge in [-0.2, -0.15) is 0 Å². The Morgan fingerprint density at radius 2 is 1.66 bits per heavy atom. The summed E-state index contributed by atoms with van der Waals surface area (Å²) in [6.45, 7) is 8.67. The van der Waals surface area contributed by atoms with Gasteiger partial charge in [0.25, 0.3) is 0 Å². The number of aliphatic hydroxyl groups is 1. The van der Waals surface area contributed by atoms with Gasteiger partial charge in [0.2, 0.25) is 17.7 Å². The molecule has 1 aromatic rings. The van der Waals surface area contributed by atoms with Crippen molar-refractivity contribution >= 4 is 35.2 Å². The number of anilines is 1. The van der Waals surface area contributed by atoms with Crippen LogP contribution >= 0.6 is 11.8 Å². The molecule has 5 rings (SSSR count). The van der Waals surface area contributed by atoms with Crippen LogP contribution in [0.1, 0.15) is 27.7 Å². The van der Waals surface area contributed by atoms with Gasteiger partial charge in [-0.1, -0.05) is 42.5 Å². The lowest BCUT2D eigenvalue weighted by atomic mass is 9.74. The highest BCUT2D eigenvalue weighted by Crippen LogP contribution is 2.65. The van der Waals surface area contributed by atoms with Crippen LogP contribution in [0.25, 0.3) is 0 Å². The second-order valence-electron chi connectivity index (χ2n) is 11.0. The van der Waals surface area contributed by atoms with Crippen LogP contribution in [-0.2, 0) is 14.4 Å². The maximum atomic E-state index is 14.2. The largest absolute Gasteiger partial charge is 0.395 e. The van der Waals surface area contributed by atoms with Gasteiger partial charge in [0.05, 0.1) is 23.2 Å². The number of likely N-dealkylation sites (tertiary alicyclic amines) is 1. The normalized spacial score (nSPS) is 34.6. The average Bonchev–Trinajstić information content (AvgIpc) is 3.05. The van der Waals surface area contributed by atoms with Crippen molar-refractivity contribution in [3.8, 4) is 0 Å². The number of hydrogen-bond acceptors (Lipinski definition) is 5. The van der Waals surface area contributed by atoms with Crippen LogP contribution in [0.15, 0.2) is 54.6 Å². The van der Waals surface area contributed by atoms with Crippen LogP contribution < -0.4 is 4.90 Å². The van der Waals surface area contributed by atoms with E-state index < -0.39 is 32.9 Å². The number of carbonyl (C=O) groups is 3. The molecule has 1 N–H and O–H groups in total. The van der Waals surface area contributed by atoms with Crippen molar-refractivity contribution in [3.63, 3.8) is 0 Å².